The van der Waals surface area contributed by atoms with Crippen molar-refractivity contribution < 1.29 is 111 Å². The van der Waals surface area contributed by atoms with Gasteiger partial charge in [-0.2, -0.15) is 59.2 Å². The van der Waals surface area contributed by atoms with E-state index >= 15 is 0 Å². The Morgan fingerprint density at radius 1 is 0.392 bits per heavy atom. The fourth-order valence-electron chi connectivity index (χ4n) is 11.8. The number of hydrogen-bond acceptors (Lipinski definition) is 17. The number of esters is 4. The minimum absolute atomic E-state index is 0. The molecule has 6 heterocycles. The monoisotopic (exact) mass is 2120 g/mol. The number of rotatable bonds is 15. The van der Waals surface area contributed by atoms with E-state index in [1.165, 1.54) is 12.2 Å². The molecular weight excluding hydrogens is 2010 g/mol. The third-order valence-corrected chi connectivity index (χ3v) is 17.0. The van der Waals surface area contributed by atoms with Crippen LogP contribution in [-0.2, 0) is 121 Å². The number of ether oxygens (including phenoxy) is 2. The van der Waals surface area contributed by atoms with E-state index in [9.17, 15) is 33.9 Å². The van der Waals surface area contributed by atoms with Crippen LogP contribution in [0, 0.1) is 18.2 Å². The molecule has 0 unspecified atom stereocenters. The van der Waals surface area contributed by atoms with Crippen molar-refractivity contribution in [2.45, 2.75) is 144 Å². The molecule has 21 heteroatoms. The zero-order valence-electron chi connectivity index (χ0n) is 73.8. The Kier molecular flexibility index (Phi) is 49.8. The molecule has 120 heavy (non-hydrogen) atoms. The van der Waals surface area contributed by atoms with Gasteiger partial charge in [0, 0.05) is 177 Å². The van der Waals surface area contributed by atoms with Crippen molar-refractivity contribution in [3.8, 4) is 0 Å². The van der Waals surface area contributed by atoms with E-state index in [0.29, 0.717) is 53.0 Å². The predicted octanol–water partition coefficient (Wildman–Crippen LogP) is 20.8. The molecule has 9 aromatic rings. The van der Waals surface area contributed by atoms with Gasteiger partial charge in [0.1, 0.15) is 5.69 Å². The SMILES string of the molecule is CC.CC.CC.CC.CC.CC.CC.CC.CC.CN(C)c1ccc(C=Nc2ccc(C3=Nc4c([c-]ccc4C4=CC(=O)OC4=O)C3)cc2)cc1.CN(C)c1ccc(C=Nc2ccc(C3=Nc4c([c-]ccc4C4=CC(=O)OC4=O)C3)cc2)cc1.CN(C)c1ccc(C=Nc2ccc(C3=[N+]4C(=O)C=C(C(=O)[O-])c5cc[c-]c(c54)C3)cc2)cc1.[W].[W].[W]. The van der Waals surface area contributed by atoms with Gasteiger partial charge in [-0.25, -0.2) is 24.0 Å². The number of carboxylic acids is 1. The molecule has 1 amide bonds. The summed E-state index contributed by atoms with van der Waals surface area (Å²) >= 11 is 0. The number of nitrogens with zero attached hydrogens (tertiary/aromatic N) is 9. The first-order valence-electron chi connectivity index (χ1n) is 40.5. The number of carboxylic acid groups (broad SMARTS) is 1. The van der Waals surface area contributed by atoms with E-state index in [0.717, 1.165) is 107 Å². The molecule has 6 aliphatic heterocycles. The molecule has 0 bridgehead atoms. The summed E-state index contributed by atoms with van der Waals surface area (Å²) in [6, 6.07) is 67.7. The second-order valence-corrected chi connectivity index (χ2v) is 24.2. The Labute approximate surface area is 755 Å². The maximum Gasteiger partial charge on any atom is 0.407 e. The molecule has 9 aromatic carbocycles. The molecule has 0 spiro atoms. The maximum absolute atomic E-state index is 12.8. The Morgan fingerprint density at radius 2 is 0.692 bits per heavy atom. The molecule has 0 N–H and O–H groups in total. The molecule has 6 aliphatic rings. The van der Waals surface area contributed by atoms with Gasteiger partial charge in [-0.05, 0) is 143 Å². The Hall–Kier alpha value is -10.9. The van der Waals surface area contributed by atoms with E-state index < -0.39 is 35.8 Å². The van der Waals surface area contributed by atoms with Gasteiger partial charge in [-0.15, -0.1) is 11.1 Å². The van der Waals surface area contributed by atoms with Gasteiger partial charge in [0.2, 0.25) is 0 Å². The zero-order chi connectivity index (χ0) is 87.0. The average molecular weight is 2130 g/mol. The first-order valence-corrected chi connectivity index (χ1v) is 40.5. The Bertz CT molecular complexity index is 4900. The van der Waals surface area contributed by atoms with Crippen LogP contribution in [0.3, 0.4) is 0 Å². The van der Waals surface area contributed by atoms with Crippen molar-refractivity contribution in [1.82, 2.24) is 0 Å². The Balaban J connectivity index is 0.000000811. The number of amides is 1. The van der Waals surface area contributed by atoms with Gasteiger partial charge in [0.05, 0.1) is 40.3 Å². The van der Waals surface area contributed by atoms with Crippen LogP contribution in [0.25, 0.3) is 16.7 Å². The number of anilines is 3. The van der Waals surface area contributed by atoms with Gasteiger partial charge in [0.15, 0.2) is 5.71 Å². The number of hydrogen-bond donors (Lipinski definition) is 0. The summed E-state index contributed by atoms with van der Waals surface area (Å²) in [5, 5.41) is 11.5. The second kappa shape index (κ2) is 55.8. The zero-order valence-corrected chi connectivity index (χ0v) is 82.6. The van der Waals surface area contributed by atoms with Gasteiger partial charge in [-0.1, -0.05) is 208 Å². The van der Waals surface area contributed by atoms with Crippen molar-refractivity contribution in [3.05, 3.63) is 285 Å². The Morgan fingerprint density at radius 3 is 0.983 bits per heavy atom. The molecule has 0 aromatic heterocycles. The summed E-state index contributed by atoms with van der Waals surface area (Å²) < 4.78 is 10.9. The van der Waals surface area contributed by atoms with Crippen molar-refractivity contribution >= 4 is 139 Å². The minimum Gasteiger partial charge on any atom is -0.545 e. The molecule has 0 aliphatic carbocycles. The molecule has 0 fully saturated rings. The number of carbonyl (C=O) groups excluding carboxylic acids is 6. The van der Waals surface area contributed by atoms with Gasteiger partial charge >= 0.3 is 29.8 Å². The topological polar surface area (TPSA) is 218 Å². The van der Waals surface area contributed by atoms with Crippen LogP contribution in [0.4, 0.5) is 51.2 Å². The van der Waals surface area contributed by atoms with Gasteiger partial charge < -0.3 is 44.1 Å². The molecule has 0 atom stereocenters. The standard InChI is InChI=1S/2C27H20N3O3.C27H21N3O3.9C2H6.3W/c2*1-30(2)21-12-6-17(7-13-21)16-28-20-10-8-18(9-11-20)24-14-19-4-3-5-22(26(19)29-24)23-15-25(31)33-27(23)32;1-29(2)21-12-6-17(7-13-21)16-28-20-10-8-18(9-11-20)24-14-19-4-3-5-22-23(27(32)33)15-25(31)30(24)26(19)22;9*1-2;;;/h2*3,5-13,15-16H,14H2,1-2H3;3,5-13,15-16H,14H2,1-2H3,(H,32,33);9*1-2H3;;;/q2*-1;;;;;;;;;;;;;/p-1. The first-order chi connectivity index (χ1) is 56.9. The summed E-state index contributed by atoms with van der Waals surface area (Å²) in [7, 11) is 12.0. The fraction of sp³-hybridized carbons (Fsp3) is 0.273. The summed E-state index contributed by atoms with van der Waals surface area (Å²) in [4.78, 5) is 101. The first kappa shape index (κ1) is 107. The fourth-order valence-corrected chi connectivity index (χ4v) is 11.8. The predicted molar refractivity (Wildman–Crippen MR) is 485 cm³/mol. The van der Waals surface area contributed by atoms with Crippen LogP contribution in [0.15, 0.2) is 225 Å². The molecule has 0 saturated heterocycles. The molecule has 0 saturated carbocycles. The van der Waals surface area contributed by atoms with Crippen molar-refractivity contribution in [3.63, 3.8) is 0 Å². The smallest absolute Gasteiger partial charge is 0.407 e. The minimum atomic E-state index is -1.36. The van der Waals surface area contributed by atoms with Crippen LogP contribution in [0.1, 0.15) is 191 Å². The van der Waals surface area contributed by atoms with E-state index in [2.05, 4.69) is 76.7 Å². The third kappa shape index (κ3) is 28.4. The van der Waals surface area contributed by atoms with Crippen LogP contribution in [0.2, 0.25) is 0 Å². The van der Waals surface area contributed by atoms with Crippen LogP contribution >= 0.6 is 0 Å². The normalized spacial score (nSPS) is 12.6. The molecule has 630 valence electrons. The maximum atomic E-state index is 12.8. The molecule has 0 radical (unpaired) electrons. The summed E-state index contributed by atoms with van der Waals surface area (Å²) in [6.07, 6.45) is 10.7. The molecular formula is C99H114N9O9W3-3. The number of carbonyl (C=O) groups is 6. The van der Waals surface area contributed by atoms with E-state index in [4.69, 9.17) is 9.98 Å². The average Bonchev–Trinajstić information content (AvgIpc) is 1.58. The number of aliphatic carboxylic acids is 1. The van der Waals surface area contributed by atoms with Gasteiger partial charge in [-0.3, -0.25) is 15.0 Å². The van der Waals surface area contributed by atoms with E-state index in [-0.39, 0.29) is 79.9 Å². The number of fused-ring (bicyclic) bond motifs is 2. The largest absolute Gasteiger partial charge is 0.545 e. The van der Waals surface area contributed by atoms with Crippen LogP contribution in [-0.4, -0.2) is 118 Å². The van der Waals surface area contributed by atoms with Gasteiger partial charge in [0.25, 0.3) is 0 Å². The van der Waals surface area contributed by atoms with E-state index in [1.807, 2.05) is 312 Å². The van der Waals surface area contributed by atoms with Crippen molar-refractivity contribution in [2.75, 3.05) is 57.0 Å². The van der Waals surface area contributed by atoms with E-state index in [1.54, 1.807) is 41.0 Å². The number of aliphatic imine (C=N–C) groups is 5. The quantitative estimate of drug-likeness (QED) is 0.0308. The number of cyclic esters (lactones) is 4. The van der Waals surface area contributed by atoms with Crippen molar-refractivity contribution in [1.29, 1.82) is 0 Å². The van der Waals surface area contributed by atoms with Crippen LogP contribution < -0.4 is 19.8 Å². The molecule has 18 nitrogen and oxygen atoms in total. The third-order valence-electron chi connectivity index (χ3n) is 17.0. The molecule has 15 rings (SSSR count). The number of benzene rings is 9. The summed E-state index contributed by atoms with van der Waals surface area (Å²) in [5.74, 6) is -4.33. The summed E-state index contributed by atoms with van der Waals surface area (Å²) in [6.45, 7) is 36.0. The summed E-state index contributed by atoms with van der Waals surface area (Å²) in [5.41, 5.74) is 20.8. The van der Waals surface area contributed by atoms with Crippen molar-refractivity contribution in [2.24, 2.45) is 25.0 Å². The second-order valence-electron chi connectivity index (χ2n) is 24.2. The van der Waals surface area contributed by atoms with Crippen LogP contribution in [0.5, 0.6) is 0 Å².